The number of nitrogen functional groups attached to an aromatic ring is 1. The number of nitrogens with zero attached hydrogens (tertiary/aromatic N) is 1. The van der Waals surface area contributed by atoms with E-state index in [0.29, 0.717) is 14.9 Å². The van der Waals surface area contributed by atoms with E-state index in [4.69, 9.17) is 5.73 Å². The Hall–Kier alpha value is -0.420. The van der Waals surface area contributed by atoms with Crippen molar-refractivity contribution in [1.29, 1.82) is 0 Å². The van der Waals surface area contributed by atoms with E-state index >= 15 is 0 Å². The number of nitrogens with two attached hydrogens (primary N) is 1. The fourth-order valence-corrected chi connectivity index (χ4v) is 3.52. The van der Waals surface area contributed by atoms with Crippen LogP contribution in [0.2, 0.25) is 0 Å². The molecule has 0 bridgehead atoms. The Balaban J connectivity index is 2.24. The molecule has 1 fully saturated rings. The zero-order chi connectivity index (χ0) is 13.3. The molecule has 1 aliphatic rings. The van der Waals surface area contributed by atoms with Crippen LogP contribution in [0.1, 0.15) is 20.3 Å². The first-order valence-corrected chi connectivity index (χ1v) is 7.80. The maximum atomic E-state index is 13.4. The van der Waals surface area contributed by atoms with Gasteiger partial charge in [-0.25, -0.2) is 4.39 Å². The van der Waals surface area contributed by atoms with Crippen molar-refractivity contribution in [3.63, 3.8) is 0 Å². The molecule has 1 aromatic rings. The minimum atomic E-state index is -0.305. The van der Waals surface area contributed by atoms with Gasteiger partial charge in [-0.15, -0.1) is 0 Å². The zero-order valence-electron chi connectivity index (χ0n) is 10.7. The predicted molar refractivity (Wildman–Crippen MR) is 81.9 cm³/mol. The monoisotopic (exact) mass is 332 g/mol. The van der Waals surface area contributed by atoms with Gasteiger partial charge in [0.2, 0.25) is 0 Å². The third-order valence-corrected chi connectivity index (χ3v) is 5.23. The molecule has 5 heteroatoms. The highest BCUT2D eigenvalue weighted by Gasteiger charge is 2.24. The summed E-state index contributed by atoms with van der Waals surface area (Å²) in [6.07, 6.45) is 1.10. The van der Waals surface area contributed by atoms with Crippen molar-refractivity contribution in [1.82, 2.24) is 0 Å². The molecule has 0 unspecified atom stereocenters. The Morgan fingerprint density at radius 2 is 2.11 bits per heavy atom. The molecule has 2 rings (SSSR count). The molecular formula is C13H18BrFN2S. The van der Waals surface area contributed by atoms with E-state index in [1.165, 1.54) is 6.07 Å². The molecule has 1 heterocycles. The van der Waals surface area contributed by atoms with E-state index in [9.17, 15) is 4.39 Å². The van der Waals surface area contributed by atoms with Crippen LogP contribution in [0.25, 0.3) is 0 Å². The van der Waals surface area contributed by atoms with Crippen LogP contribution in [-0.4, -0.2) is 23.6 Å². The van der Waals surface area contributed by atoms with Crippen LogP contribution < -0.4 is 10.6 Å². The minimum absolute atomic E-state index is 0.305. The van der Waals surface area contributed by atoms with Crippen LogP contribution in [0.5, 0.6) is 0 Å². The molecule has 100 valence electrons. The summed E-state index contributed by atoms with van der Waals surface area (Å²) in [5.41, 5.74) is 7.38. The fraction of sp³-hybridized carbons (Fsp3) is 0.538. The number of anilines is 2. The number of rotatable bonds is 1. The van der Waals surface area contributed by atoms with Crippen molar-refractivity contribution in [3.05, 3.63) is 22.4 Å². The van der Waals surface area contributed by atoms with E-state index in [1.807, 2.05) is 11.8 Å². The first-order chi connectivity index (χ1) is 8.39. The van der Waals surface area contributed by atoms with Crippen LogP contribution in [0.3, 0.4) is 0 Å². The van der Waals surface area contributed by atoms with Crippen molar-refractivity contribution in [2.75, 3.05) is 29.5 Å². The molecule has 1 aliphatic heterocycles. The van der Waals surface area contributed by atoms with Gasteiger partial charge in [0.1, 0.15) is 5.82 Å². The molecule has 0 atom stereocenters. The van der Waals surface area contributed by atoms with E-state index in [2.05, 4.69) is 34.7 Å². The van der Waals surface area contributed by atoms with Crippen LogP contribution in [0, 0.1) is 5.82 Å². The normalized spacial score (nSPS) is 19.7. The Kier molecular flexibility index (Phi) is 4.11. The molecule has 0 spiro atoms. The van der Waals surface area contributed by atoms with Crippen LogP contribution in [-0.2, 0) is 0 Å². The highest BCUT2D eigenvalue weighted by molar-refractivity contribution is 9.10. The molecular weight excluding hydrogens is 315 g/mol. The smallest absolute Gasteiger partial charge is 0.139 e. The van der Waals surface area contributed by atoms with Crippen LogP contribution in [0.15, 0.2) is 16.6 Å². The van der Waals surface area contributed by atoms with Crippen molar-refractivity contribution in [2.45, 2.75) is 25.0 Å². The van der Waals surface area contributed by atoms with Gasteiger partial charge in [-0.2, -0.15) is 11.8 Å². The molecule has 1 aromatic carbocycles. The highest BCUT2D eigenvalue weighted by Crippen LogP contribution is 2.35. The quantitative estimate of drug-likeness (QED) is 0.791. The Morgan fingerprint density at radius 1 is 1.39 bits per heavy atom. The largest absolute Gasteiger partial charge is 0.397 e. The van der Waals surface area contributed by atoms with Gasteiger partial charge in [-0.3, -0.25) is 0 Å². The fourth-order valence-electron chi connectivity index (χ4n) is 2.09. The number of thioether (sulfide) groups is 1. The summed E-state index contributed by atoms with van der Waals surface area (Å²) in [5, 5.41) is 0. The predicted octanol–water partition coefficient (Wildman–Crippen LogP) is 3.89. The summed E-state index contributed by atoms with van der Waals surface area (Å²) in [7, 11) is 0. The van der Waals surface area contributed by atoms with E-state index in [0.717, 1.165) is 31.0 Å². The van der Waals surface area contributed by atoms with E-state index in [-0.39, 0.29) is 5.82 Å². The second-order valence-corrected chi connectivity index (χ2v) is 7.83. The van der Waals surface area contributed by atoms with Gasteiger partial charge in [0.25, 0.3) is 0 Å². The molecule has 2 nitrogen and oxygen atoms in total. The lowest BCUT2D eigenvalue weighted by molar-refractivity contribution is 0.619. The Bertz CT molecular complexity index is 451. The van der Waals surface area contributed by atoms with Crippen molar-refractivity contribution in [3.8, 4) is 0 Å². The molecule has 0 aromatic heterocycles. The SMILES string of the molecule is CC1(C)CCN(c2cc(Br)c(F)cc2N)CCS1. The first-order valence-electron chi connectivity index (χ1n) is 6.02. The molecule has 2 N–H and O–H groups in total. The molecule has 0 radical (unpaired) electrons. The van der Waals surface area contributed by atoms with Crippen molar-refractivity contribution >= 4 is 39.1 Å². The Labute approximate surface area is 120 Å². The summed E-state index contributed by atoms with van der Waals surface area (Å²) in [5.74, 6) is 0.766. The molecule has 0 amide bonds. The number of hydrogen-bond donors (Lipinski definition) is 1. The zero-order valence-corrected chi connectivity index (χ0v) is 13.1. The number of benzene rings is 1. The summed E-state index contributed by atoms with van der Waals surface area (Å²) >= 11 is 5.21. The first kappa shape index (κ1) is 14.0. The highest BCUT2D eigenvalue weighted by atomic mass is 79.9. The van der Waals surface area contributed by atoms with Crippen molar-refractivity contribution in [2.24, 2.45) is 0 Å². The molecule has 0 aliphatic carbocycles. The van der Waals surface area contributed by atoms with Crippen LogP contribution >= 0.6 is 27.7 Å². The minimum Gasteiger partial charge on any atom is -0.397 e. The van der Waals surface area contributed by atoms with Gasteiger partial charge in [-0.05, 0) is 28.4 Å². The topological polar surface area (TPSA) is 29.3 Å². The standard InChI is InChI=1S/C13H18BrFN2S/c1-13(2)3-4-17(5-6-18-13)12-7-9(14)10(15)8-11(12)16/h7-8H,3-6,16H2,1-2H3. The second-order valence-electron chi connectivity index (χ2n) is 5.17. The summed E-state index contributed by atoms with van der Waals surface area (Å²) in [6.45, 7) is 6.45. The lowest BCUT2D eigenvalue weighted by Gasteiger charge is -2.25. The maximum absolute atomic E-state index is 13.4. The van der Waals surface area contributed by atoms with Gasteiger partial charge in [0.15, 0.2) is 0 Å². The van der Waals surface area contributed by atoms with Gasteiger partial charge >= 0.3 is 0 Å². The van der Waals surface area contributed by atoms with Crippen molar-refractivity contribution < 1.29 is 4.39 Å². The number of halogens is 2. The average Bonchev–Trinajstić information content (AvgIpc) is 2.45. The van der Waals surface area contributed by atoms with E-state index in [1.54, 1.807) is 6.07 Å². The molecule has 1 saturated heterocycles. The Morgan fingerprint density at radius 3 is 2.83 bits per heavy atom. The average molecular weight is 333 g/mol. The third kappa shape index (κ3) is 3.12. The van der Waals surface area contributed by atoms with Gasteiger partial charge in [-0.1, -0.05) is 13.8 Å². The third-order valence-electron chi connectivity index (χ3n) is 3.25. The maximum Gasteiger partial charge on any atom is 0.139 e. The van der Waals surface area contributed by atoms with Crippen LogP contribution in [0.4, 0.5) is 15.8 Å². The lowest BCUT2D eigenvalue weighted by Crippen LogP contribution is -2.27. The van der Waals surface area contributed by atoms with E-state index < -0.39 is 0 Å². The lowest BCUT2D eigenvalue weighted by atomic mass is 10.1. The summed E-state index contributed by atoms with van der Waals surface area (Å²) < 4.78 is 14.2. The molecule has 18 heavy (non-hydrogen) atoms. The second kappa shape index (κ2) is 5.29. The summed E-state index contributed by atoms with van der Waals surface area (Å²) in [6, 6.07) is 3.18. The van der Waals surface area contributed by atoms with Gasteiger partial charge < -0.3 is 10.6 Å². The molecule has 0 saturated carbocycles. The van der Waals surface area contributed by atoms with Gasteiger partial charge in [0.05, 0.1) is 15.8 Å². The number of hydrogen-bond acceptors (Lipinski definition) is 3. The summed E-state index contributed by atoms with van der Waals surface area (Å²) in [4.78, 5) is 2.25. The van der Waals surface area contributed by atoms with Gasteiger partial charge in [0, 0.05) is 29.7 Å².